The van der Waals surface area contributed by atoms with Gasteiger partial charge < -0.3 is 15.4 Å². The number of methoxy groups -OCH3 is 1. The van der Waals surface area contributed by atoms with Gasteiger partial charge >= 0.3 is 0 Å². The van der Waals surface area contributed by atoms with Crippen molar-refractivity contribution in [1.29, 1.82) is 0 Å². The molecule has 0 bridgehead atoms. The normalized spacial score (nSPS) is 12.9. The number of para-hydroxylation sites is 1. The molecule has 0 amide bonds. The van der Waals surface area contributed by atoms with Gasteiger partial charge in [0.1, 0.15) is 5.75 Å². The summed E-state index contributed by atoms with van der Waals surface area (Å²) in [6.07, 6.45) is 0.938. The lowest BCUT2D eigenvalue weighted by atomic mass is 10.0. The van der Waals surface area contributed by atoms with Crippen LogP contribution in [-0.2, 0) is 0 Å². The molecule has 0 saturated heterocycles. The van der Waals surface area contributed by atoms with E-state index in [9.17, 15) is 0 Å². The predicted octanol–water partition coefficient (Wildman–Crippen LogP) is 1.65. The maximum atomic E-state index is 5.63. The van der Waals surface area contributed by atoms with E-state index in [1.165, 1.54) is 5.56 Å². The number of nitrogens with zero attached hydrogens (tertiary/aromatic N) is 1. The van der Waals surface area contributed by atoms with E-state index in [2.05, 4.69) is 25.1 Å². The lowest BCUT2D eigenvalue weighted by Gasteiger charge is -2.25. The van der Waals surface area contributed by atoms with Gasteiger partial charge in [0, 0.05) is 11.6 Å². The van der Waals surface area contributed by atoms with Crippen molar-refractivity contribution in [2.75, 3.05) is 27.7 Å². The van der Waals surface area contributed by atoms with Gasteiger partial charge in [-0.05, 0) is 33.1 Å². The van der Waals surface area contributed by atoms with Crippen LogP contribution in [0.25, 0.3) is 0 Å². The van der Waals surface area contributed by atoms with E-state index in [-0.39, 0.29) is 0 Å². The lowest BCUT2D eigenvalue weighted by molar-refractivity contribution is 0.277. The molecule has 84 valence electrons. The fourth-order valence-corrected chi connectivity index (χ4v) is 1.79. The highest BCUT2D eigenvalue weighted by Gasteiger charge is 2.16. The molecule has 0 spiro atoms. The molecular weight excluding hydrogens is 188 g/mol. The number of nitrogens with two attached hydrogens (primary N) is 1. The van der Waals surface area contributed by atoms with E-state index >= 15 is 0 Å². The molecule has 0 saturated carbocycles. The Hall–Kier alpha value is -1.06. The third kappa shape index (κ3) is 2.94. The van der Waals surface area contributed by atoms with Gasteiger partial charge in [-0.15, -0.1) is 0 Å². The molecule has 0 aliphatic rings. The van der Waals surface area contributed by atoms with Crippen LogP contribution < -0.4 is 10.5 Å². The molecule has 0 aromatic heterocycles. The van der Waals surface area contributed by atoms with Crippen LogP contribution in [0.2, 0.25) is 0 Å². The Morgan fingerprint density at radius 1 is 1.33 bits per heavy atom. The molecule has 0 aliphatic carbocycles. The molecule has 3 heteroatoms. The highest BCUT2D eigenvalue weighted by molar-refractivity contribution is 5.35. The Morgan fingerprint density at radius 3 is 2.53 bits per heavy atom. The van der Waals surface area contributed by atoms with Gasteiger partial charge in [0.05, 0.1) is 7.11 Å². The first-order valence-corrected chi connectivity index (χ1v) is 5.20. The van der Waals surface area contributed by atoms with Crippen molar-refractivity contribution in [2.24, 2.45) is 5.73 Å². The Bertz CT molecular complexity index is 299. The van der Waals surface area contributed by atoms with Crippen LogP contribution >= 0.6 is 0 Å². The third-order valence-corrected chi connectivity index (χ3v) is 2.56. The average molecular weight is 208 g/mol. The summed E-state index contributed by atoms with van der Waals surface area (Å²) in [5.74, 6) is 0.935. The van der Waals surface area contributed by atoms with Crippen LogP contribution in [-0.4, -0.2) is 32.6 Å². The van der Waals surface area contributed by atoms with Gasteiger partial charge in [-0.25, -0.2) is 0 Å². The Balaban J connectivity index is 2.98. The largest absolute Gasteiger partial charge is 0.496 e. The fraction of sp³-hybridized carbons (Fsp3) is 0.500. The van der Waals surface area contributed by atoms with E-state index in [1.54, 1.807) is 7.11 Å². The summed E-state index contributed by atoms with van der Waals surface area (Å²) in [6, 6.07) is 8.43. The van der Waals surface area contributed by atoms with Crippen molar-refractivity contribution >= 4 is 0 Å². The SMILES string of the molecule is COc1ccccc1C(CCN)N(C)C. The predicted molar refractivity (Wildman–Crippen MR) is 63.1 cm³/mol. The maximum Gasteiger partial charge on any atom is 0.123 e. The standard InChI is InChI=1S/C12H20N2O/c1-14(2)11(8-9-13)10-6-4-5-7-12(10)15-3/h4-7,11H,8-9,13H2,1-3H3. The van der Waals surface area contributed by atoms with Gasteiger partial charge in [0.2, 0.25) is 0 Å². The Labute approximate surface area is 91.8 Å². The van der Waals surface area contributed by atoms with Crippen LogP contribution in [0.15, 0.2) is 24.3 Å². The minimum atomic E-state index is 0.325. The number of benzene rings is 1. The van der Waals surface area contributed by atoms with Crippen molar-refractivity contribution in [2.45, 2.75) is 12.5 Å². The highest BCUT2D eigenvalue weighted by atomic mass is 16.5. The average Bonchev–Trinajstić information content (AvgIpc) is 2.25. The maximum absolute atomic E-state index is 5.63. The topological polar surface area (TPSA) is 38.5 Å². The summed E-state index contributed by atoms with van der Waals surface area (Å²) in [5.41, 5.74) is 6.83. The smallest absolute Gasteiger partial charge is 0.123 e. The summed E-state index contributed by atoms with van der Waals surface area (Å²) < 4.78 is 5.36. The quantitative estimate of drug-likeness (QED) is 0.799. The first kappa shape index (κ1) is 12.0. The zero-order valence-corrected chi connectivity index (χ0v) is 9.73. The van der Waals surface area contributed by atoms with Crippen molar-refractivity contribution in [3.8, 4) is 5.75 Å². The minimum absolute atomic E-state index is 0.325. The van der Waals surface area contributed by atoms with E-state index < -0.39 is 0 Å². The highest BCUT2D eigenvalue weighted by Crippen LogP contribution is 2.29. The summed E-state index contributed by atoms with van der Waals surface area (Å²) in [5, 5.41) is 0. The van der Waals surface area contributed by atoms with E-state index in [1.807, 2.05) is 18.2 Å². The molecule has 1 unspecified atom stereocenters. The van der Waals surface area contributed by atoms with Gasteiger partial charge in [-0.1, -0.05) is 18.2 Å². The molecule has 3 nitrogen and oxygen atoms in total. The molecule has 1 aromatic carbocycles. The van der Waals surface area contributed by atoms with E-state index in [4.69, 9.17) is 10.5 Å². The number of hydrogen-bond donors (Lipinski definition) is 1. The fourth-order valence-electron chi connectivity index (χ4n) is 1.79. The second kappa shape index (κ2) is 5.73. The molecule has 1 aromatic rings. The van der Waals surface area contributed by atoms with E-state index in [0.717, 1.165) is 12.2 Å². The van der Waals surface area contributed by atoms with E-state index in [0.29, 0.717) is 12.6 Å². The van der Waals surface area contributed by atoms with Crippen LogP contribution in [0.1, 0.15) is 18.0 Å². The van der Waals surface area contributed by atoms with Crippen molar-refractivity contribution < 1.29 is 4.74 Å². The summed E-state index contributed by atoms with van der Waals surface area (Å²) in [7, 11) is 5.83. The van der Waals surface area contributed by atoms with Gasteiger partial charge in [0.15, 0.2) is 0 Å². The van der Waals surface area contributed by atoms with Crippen molar-refractivity contribution in [3.63, 3.8) is 0 Å². The molecule has 2 N–H and O–H groups in total. The minimum Gasteiger partial charge on any atom is -0.496 e. The number of rotatable bonds is 5. The molecule has 0 fully saturated rings. The molecular formula is C12H20N2O. The zero-order chi connectivity index (χ0) is 11.3. The first-order valence-electron chi connectivity index (χ1n) is 5.20. The first-order chi connectivity index (χ1) is 7.20. The third-order valence-electron chi connectivity index (χ3n) is 2.56. The summed E-state index contributed by atoms with van der Waals surface area (Å²) in [4.78, 5) is 2.17. The van der Waals surface area contributed by atoms with Crippen LogP contribution in [0.4, 0.5) is 0 Å². The summed E-state index contributed by atoms with van der Waals surface area (Å²) >= 11 is 0. The van der Waals surface area contributed by atoms with Crippen LogP contribution in [0.5, 0.6) is 5.75 Å². The van der Waals surface area contributed by atoms with Crippen LogP contribution in [0.3, 0.4) is 0 Å². The zero-order valence-electron chi connectivity index (χ0n) is 9.73. The Kier molecular flexibility index (Phi) is 4.59. The summed E-state index contributed by atoms with van der Waals surface area (Å²) in [6.45, 7) is 0.681. The second-order valence-corrected chi connectivity index (χ2v) is 3.80. The lowest BCUT2D eigenvalue weighted by Crippen LogP contribution is -2.23. The van der Waals surface area contributed by atoms with Crippen molar-refractivity contribution in [1.82, 2.24) is 4.90 Å². The van der Waals surface area contributed by atoms with Crippen molar-refractivity contribution in [3.05, 3.63) is 29.8 Å². The van der Waals surface area contributed by atoms with Gasteiger partial charge in [0.25, 0.3) is 0 Å². The molecule has 0 aliphatic heterocycles. The number of hydrogen-bond acceptors (Lipinski definition) is 3. The number of ether oxygens (including phenoxy) is 1. The molecule has 15 heavy (non-hydrogen) atoms. The second-order valence-electron chi connectivity index (χ2n) is 3.80. The van der Waals surface area contributed by atoms with Crippen LogP contribution in [0, 0.1) is 0 Å². The Morgan fingerprint density at radius 2 is 2.00 bits per heavy atom. The molecule has 1 atom stereocenters. The molecule has 1 rings (SSSR count). The molecule has 0 heterocycles. The van der Waals surface area contributed by atoms with Gasteiger partial charge in [-0.2, -0.15) is 0 Å². The monoisotopic (exact) mass is 208 g/mol. The molecule has 0 radical (unpaired) electrons. The van der Waals surface area contributed by atoms with Gasteiger partial charge in [-0.3, -0.25) is 0 Å².